The number of thioether (sulfide) groups is 2. The van der Waals surface area contributed by atoms with Crippen LogP contribution in [0, 0.1) is 6.92 Å². The summed E-state index contributed by atoms with van der Waals surface area (Å²) in [5.41, 5.74) is 6.31. The molecule has 3 aliphatic rings. The monoisotopic (exact) mass is 755 g/mol. The van der Waals surface area contributed by atoms with Gasteiger partial charge in [-0.25, -0.2) is 24.4 Å². The maximum absolute atomic E-state index is 13.5. The van der Waals surface area contributed by atoms with E-state index in [0.717, 1.165) is 16.2 Å². The van der Waals surface area contributed by atoms with Crippen molar-refractivity contribution in [2.75, 3.05) is 24.0 Å². The zero-order chi connectivity index (χ0) is 36.0. The second-order valence-electron chi connectivity index (χ2n) is 10.6. The Hall–Kier alpha value is -5.94. The molecule has 0 unspecified atom stereocenters. The van der Waals surface area contributed by atoms with E-state index in [2.05, 4.69) is 30.5 Å². The average Bonchev–Trinajstić information content (AvgIpc) is 3.85. The van der Waals surface area contributed by atoms with Crippen molar-refractivity contribution in [1.82, 2.24) is 34.8 Å². The molecule has 0 bridgehead atoms. The largest absolute Gasteiger partial charge is 0.512 e. The van der Waals surface area contributed by atoms with Crippen molar-refractivity contribution in [3.05, 3.63) is 63.9 Å². The van der Waals surface area contributed by atoms with Crippen LogP contribution in [0.1, 0.15) is 32.4 Å². The minimum Gasteiger partial charge on any atom is -0.475 e. The summed E-state index contributed by atoms with van der Waals surface area (Å²) in [5, 5.41) is 30.3. The van der Waals surface area contributed by atoms with Gasteiger partial charge in [-0.15, -0.1) is 40.0 Å². The molecule has 2 amide bonds. The molecule has 51 heavy (non-hydrogen) atoms. The molecule has 7 rings (SSSR count). The molecule has 1 fully saturated rings. The SMILES string of the molecule is Cc1cc(SCC2=C(OC(=O)O)N3C(=O)[C@@H](NC(=O)/C(=N\OC(=O)c4ccc5c(c4)OCO5)c4csc(N)n4)[C@H]3SC2)n2nc(C(=O)O)nc2n1. The number of hydrogen-bond acceptors (Lipinski definition) is 18. The van der Waals surface area contributed by atoms with Gasteiger partial charge in [0.1, 0.15) is 22.1 Å². The van der Waals surface area contributed by atoms with Gasteiger partial charge in [0.05, 0.1) is 5.56 Å². The molecular formula is C28H21N9O11S3. The Kier molecular flexibility index (Phi) is 8.82. The van der Waals surface area contributed by atoms with Crippen LogP contribution in [0.15, 0.2) is 51.3 Å². The van der Waals surface area contributed by atoms with Crippen LogP contribution in [-0.4, -0.2) is 105 Å². The van der Waals surface area contributed by atoms with Crippen molar-refractivity contribution in [1.29, 1.82) is 0 Å². The molecule has 1 saturated heterocycles. The van der Waals surface area contributed by atoms with E-state index in [4.69, 9.17) is 24.8 Å². The number of ether oxygens (including phenoxy) is 3. The van der Waals surface area contributed by atoms with Crippen LogP contribution in [0.2, 0.25) is 0 Å². The van der Waals surface area contributed by atoms with E-state index in [9.17, 15) is 34.2 Å². The highest BCUT2D eigenvalue weighted by Crippen LogP contribution is 2.42. The number of carboxylic acids is 1. The number of carbonyl (C=O) groups is 5. The molecule has 1 aromatic carbocycles. The van der Waals surface area contributed by atoms with Gasteiger partial charge in [-0.1, -0.05) is 5.16 Å². The van der Waals surface area contributed by atoms with Crippen molar-refractivity contribution >= 4 is 81.4 Å². The first-order valence-corrected chi connectivity index (χ1v) is 17.3. The molecule has 6 heterocycles. The number of oxime groups is 1. The topological polar surface area (TPSA) is 272 Å². The van der Waals surface area contributed by atoms with Crippen LogP contribution in [0.4, 0.5) is 9.93 Å². The van der Waals surface area contributed by atoms with Gasteiger partial charge in [-0.05, 0) is 31.2 Å². The number of rotatable bonds is 10. The lowest BCUT2D eigenvalue weighted by molar-refractivity contribution is -0.148. The number of amides is 2. The van der Waals surface area contributed by atoms with Gasteiger partial charge in [-0.3, -0.25) is 14.5 Å². The Morgan fingerprint density at radius 1 is 1.16 bits per heavy atom. The molecule has 0 radical (unpaired) electrons. The van der Waals surface area contributed by atoms with Crippen LogP contribution in [0.25, 0.3) is 5.78 Å². The van der Waals surface area contributed by atoms with Gasteiger partial charge in [0.2, 0.25) is 12.7 Å². The van der Waals surface area contributed by atoms with E-state index in [1.165, 1.54) is 51.6 Å². The molecule has 3 aliphatic heterocycles. The van der Waals surface area contributed by atoms with E-state index in [-0.39, 0.29) is 46.3 Å². The summed E-state index contributed by atoms with van der Waals surface area (Å²) in [6.45, 7) is 1.68. The lowest BCUT2D eigenvalue weighted by atomic mass is 10.1. The van der Waals surface area contributed by atoms with E-state index >= 15 is 0 Å². The Morgan fingerprint density at radius 3 is 2.71 bits per heavy atom. The third-order valence-corrected chi connectivity index (χ3v) is 10.4. The fraction of sp³-hybridized carbons (Fsp3) is 0.214. The summed E-state index contributed by atoms with van der Waals surface area (Å²) in [5.74, 6) is -3.40. The summed E-state index contributed by atoms with van der Waals surface area (Å²) in [4.78, 5) is 81.2. The number of aryl methyl sites for hydroxylation is 1. The number of nitrogens with one attached hydrogen (secondary N) is 1. The average molecular weight is 756 g/mol. The van der Waals surface area contributed by atoms with Crippen molar-refractivity contribution in [2.45, 2.75) is 23.4 Å². The highest BCUT2D eigenvalue weighted by atomic mass is 32.2. The summed E-state index contributed by atoms with van der Waals surface area (Å²) < 4.78 is 16.8. The molecule has 0 saturated carbocycles. The summed E-state index contributed by atoms with van der Waals surface area (Å²) in [6.07, 6.45) is -1.66. The fourth-order valence-electron chi connectivity index (χ4n) is 4.99. The van der Waals surface area contributed by atoms with E-state index in [1.807, 2.05) is 0 Å². The number of carboxylic acid groups (broad SMARTS) is 2. The first-order chi connectivity index (χ1) is 24.5. The van der Waals surface area contributed by atoms with Gasteiger partial charge in [0, 0.05) is 28.2 Å². The first-order valence-electron chi connectivity index (χ1n) is 14.4. The van der Waals surface area contributed by atoms with Crippen LogP contribution >= 0.6 is 34.9 Å². The maximum Gasteiger partial charge on any atom is 0.512 e. The number of nitrogens with two attached hydrogens (primary N) is 1. The predicted molar refractivity (Wildman–Crippen MR) is 175 cm³/mol. The number of benzene rings is 1. The van der Waals surface area contributed by atoms with Crippen molar-refractivity contribution in [2.24, 2.45) is 5.16 Å². The molecule has 4 aromatic rings. The van der Waals surface area contributed by atoms with Gasteiger partial charge >= 0.3 is 18.1 Å². The van der Waals surface area contributed by atoms with Gasteiger partial charge < -0.3 is 40.3 Å². The van der Waals surface area contributed by atoms with Crippen molar-refractivity contribution < 1.29 is 53.2 Å². The lowest BCUT2D eigenvalue weighted by Crippen LogP contribution is -2.70. The third-order valence-electron chi connectivity index (χ3n) is 7.26. The van der Waals surface area contributed by atoms with Gasteiger partial charge in [0.25, 0.3) is 23.4 Å². The lowest BCUT2D eigenvalue weighted by Gasteiger charge is -2.49. The van der Waals surface area contributed by atoms with Crippen LogP contribution in [-0.2, 0) is 19.2 Å². The van der Waals surface area contributed by atoms with Crippen LogP contribution in [0.5, 0.6) is 11.5 Å². The smallest absolute Gasteiger partial charge is 0.475 e. The minimum atomic E-state index is -1.66. The zero-order valence-corrected chi connectivity index (χ0v) is 28.1. The molecule has 23 heteroatoms. The molecular weight excluding hydrogens is 735 g/mol. The molecule has 5 N–H and O–H groups in total. The number of hydrogen-bond donors (Lipinski definition) is 4. The first kappa shape index (κ1) is 33.6. The maximum atomic E-state index is 13.5. The van der Waals surface area contributed by atoms with E-state index in [0.29, 0.717) is 27.8 Å². The van der Waals surface area contributed by atoms with E-state index in [1.54, 1.807) is 13.0 Å². The number of anilines is 1. The molecule has 0 aliphatic carbocycles. The Balaban J connectivity index is 1.08. The normalized spacial score (nSPS) is 17.9. The Morgan fingerprint density at radius 2 is 1.96 bits per heavy atom. The van der Waals surface area contributed by atoms with Crippen molar-refractivity contribution in [3.8, 4) is 11.5 Å². The second-order valence-corrected chi connectivity index (χ2v) is 13.6. The molecule has 0 spiro atoms. The third kappa shape index (κ3) is 6.55. The Bertz CT molecular complexity index is 2220. The summed E-state index contributed by atoms with van der Waals surface area (Å²) >= 11 is 3.41. The predicted octanol–water partition coefficient (Wildman–Crippen LogP) is 1.56. The van der Waals surface area contributed by atoms with Crippen molar-refractivity contribution in [3.63, 3.8) is 0 Å². The molecule has 262 valence electrons. The number of nitrogen functional groups attached to an aromatic ring is 1. The summed E-state index contributed by atoms with van der Waals surface area (Å²) in [6, 6.07) is 4.83. The number of fused-ring (bicyclic) bond motifs is 3. The van der Waals surface area contributed by atoms with Gasteiger partial charge in [-0.2, -0.15) is 9.50 Å². The quantitative estimate of drug-likeness (QED) is 0.0340. The summed E-state index contributed by atoms with van der Waals surface area (Å²) in [7, 11) is 0. The standard InChI is InChI=1S/C28H21N9O11S3/c1-10-4-16(37-27(30-10)33-19(34-37)24(40)41)49-6-12-7-50-23-18(21(39)36(23)22(12)47-28(43)44)32-20(38)17(13-8-51-26(29)31-13)35-48-25(42)11-2-3-14-15(5-11)46-9-45-14/h2-5,8,18,23H,6-7,9H2,1H3,(H2,29,31)(H,32,38)(H,40,41)(H,43,44)/b35-17-/t18-,23-/m1/s1. The molecule has 3 aromatic heterocycles. The number of aromatic carboxylic acids is 1. The zero-order valence-electron chi connectivity index (χ0n) is 25.7. The Labute approximate surface area is 296 Å². The molecule has 2 atom stereocenters. The van der Waals surface area contributed by atoms with Crippen LogP contribution < -0.4 is 20.5 Å². The fourth-order valence-corrected chi connectivity index (χ4v) is 8.04. The number of thiazole rings is 1. The minimum absolute atomic E-state index is 0.00644. The van der Waals surface area contributed by atoms with E-state index < -0.39 is 52.9 Å². The number of nitrogens with zero attached hydrogens (tertiary/aromatic N) is 7. The second kappa shape index (κ2) is 13.4. The highest BCUT2D eigenvalue weighted by Gasteiger charge is 2.54. The number of aromatic nitrogens is 5. The number of β-lactam (4-membered cyclic amide) rings is 1. The van der Waals surface area contributed by atoms with Gasteiger partial charge in [0.15, 0.2) is 22.3 Å². The molecule has 20 nitrogen and oxygen atoms in total. The van der Waals surface area contributed by atoms with Crippen LogP contribution in [0.3, 0.4) is 0 Å². The number of carbonyl (C=O) groups excluding carboxylic acids is 3. The highest BCUT2D eigenvalue weighted by molar-refractivity contribution is 8.01.